The van der Waals surface area contributed by atoms with Crippen LogP contribution in [-0.4, -0.2) is 43.9 Å². The van der Waals surface area contributed by atoms with Crippen molar-refractivity contribution in [1.29, 1.82) is 0 Å². The molecule has 0 unspecified atom stereocenters. The van der Waals surface area contributed by atoms with Crippen LogP contribution in [0.1, 0.15) is 17.5 Å². The van der Waals surface area contributed by atoms with Crippen LogP contribution < -0.4 is 9.47 Å². The van der Waals surface area contributed by atoms with Crippen molar-refractivity contribution in [3.63, 3.8) is 0 Å². The summed E-state index contributed by atoms with van der Waals surface area (Å²) in [4.78, 5) is 2.52. The molecule has 0 spiro atoms. The zero-order valence-corrected chi connectivity index (χ0v) is 17.2. The van der Waals surface area contributed by atoms with E-state index >= 15 is 0 Å². The first-order valence-corrected chi connectivity index (χ1v) is 10.6. The van der Waals surface area contributed by atoms with Gasteiger partial charge in [-0.05, 0) is 55.6 Å². The van der Waals surface area contributed by atoms with Crippen molar-refractivity contribution in [1.82, 2.24) is 4.90 Å². The summed E-state index contributed by atoms with van der Waals surface area (Å²) in [7, 11) is 3.96. The molecular formula is C25H29NO3. The fraction of sp³-hybridized carbons (Fsp3) is 0.440. The summed E-state index contributed by atoms with van der Waals surface area (Å²) in [5.41, 5.74) is 2.49. The fourth-order valence-corrected chi connectivity index (χ4v) is 5.23. The Bertz CT molecular complexity index is 881. The quantitative estimate of drug-likeness (QED) is 0.735. The topological polar surface area (TPSA) is 30.9 Å². The second-order valence-electron chi connectivity index (χ2n) is 8.50. The molecule has 4 heteroatoms. The Morgan fingerprint density at radius 3 is 2.79 bits per heavy atom. The summed E-state index contributed by atoms with van der Waals surface area (Å²) in [6.45, 7) is 1.69. The smallest absolute Gasteiger partial charge is 0.162 e. The van der Waals surface area contributed by atoms with Gasteiger partial charge in [-0.3, -0.25) is 0 Å². The monoisotopic (exact) mass is 391 g/mol. The lowest BCUT2D eigenvalue weighted by molar-refractivity contribution is -0.0702. The van der Waals surface area contributed by atoms with Gasteiger partial charge in [-0.1, -0.05) is 48.6 Å². The van der Waals surface area contributed by atoms with Crippen LogP contribution >= 0.6 is 0 Å². The van der Waals surface area contributed by atoms with Crippen molar-refractivity contribution < 1.29 is 14.2 Å². The highest BCUT2D eigenvalue weighted by Gasteiger charge is 2.46. The van der Waals surface area contributed by atoms with Gasteiger partial charge in [-0.15, -0.1) is 0 Å². The van der Waals surface area contributed by atoms with Crippen LogP contribution in [-0.2, 0) is 17.8 Å². The highest BCUT2D eigenvalue weighted by molar-refractivity contribution is 5.44. The molecule has 0 radical (unpaired) electrons. The number of fused-ring (bicyclic) bond motifs is 2. The Morgan fingerprint density at radius 2 is 1.97 bits per heavy atom. The largest absolute Gasteiger partial charge is 0.493 e. The molecule has 5 atom stereocenters. The fourth-order valence-electron chi connectivity index (χ4n) is 5.23. The molecule has 2 aromatic carbocycles. The van der Waals surface area contributed by atoms with Crippen LogP contribution in [0.5, 0.6) is 11.5 Å². The van der Waals surface area contributed by atoms with Gasteiger partial charge in [0.15, 0.2) is 11.5 Å². The zero-order valence-electron chi connectivity index (χ0n) is 17.2. The Morgan fingerprint density at radius 1 is 1.10 bits per heavy atom. The van der Waals surface area contributed by atoms with Crippen LogP contribution in [0.25, 0.3) is 0 Å². The molecule has 5 rings (SSSR count). The van der Waals surface area contributed by atoms with Gasteiger partial charge in [-0.25, -0.2) is 0 Å². The van der Waals surface area contributed by atoms with Gasteiger partial charge in [0.2, 0.25) is 0 Å². The predicted molar refractivity (Wildman–Crippen MR) is 113 cm³/mol. The third-order valence-electron chi connectivity index (χ3n) is 6.81. The maximum atomic E-state index is 6.67. The van der Waals surface area contributed by atoms with Gasteiger partial charge >= 0.3 is 0 Å². The van der Waals surface area contributed by atoms with E-state index in [-0.39, 0.29) is 12.2 Å². The maximum Gasteiger partial charge on any atom is 0.162 e. The molecule has 2 aromatic rings. The van der Waals surface area contributed by atoms with Crippen molar-refractivity contribution in [3.05, 3.63) is 71.8 Å². The number of benzene rings is 2. The second kappa shape index (κ2) is 7.85. The van der Waals surface area contributed by atoms with Gasteiger partial charge < -0.3 is 19.1 Å². The summed E-state index contributed by atoms with van der Waals surface area (Å²) >= 11 is 0. The average molecular weight is 392 g/mol. The zero-order chi connectivity index (χ0) is 19.8. The SMILES string of the molecule is COc1ccc2cc1O[C@@H]1[C@H]3CCN(C)[C@H](C2)[C@@H]3C=C[C@@H]1OCc1ccccc1. The van der Waals surface area contributed by atoms with Crippen LogP contribution in [0.4, 0.5) is 0 Å². The van der Waals surface area contributed by atoms with E-state index in [1.807, 2.05) is 12.1 Å². The Hall–Kier alpha value is -2.30. The molecule has 4 nitrogen and oxygen atoms in total. The molecular weight excluding hydrogens is 362 g/mol. The molecule has 29 heavy (non-hydrogen) atoms. The van der Waals surface area contributed by atoms with Crippen molar-refractivity contribution >= 4 is 0 Å². The summed E-state index contributed by atoms with van der Waals surface area (Å²) in [5.74, 6) is 2.57. The third-order valence-corrected chi connectivity index (χ3v) is 6.81. The number of piperidine rings is 1. The Labute approximate surface area is 173 Å². The van der Waals surface area contributed by atoms with Crippen LogP contribution in [0.3, 0.4) is 0 Å². The van der Waals surface area contributed by atoms with E-state index < -0.39 is 0 Å². The molecule has 1 fully saturated rings. The van der Waals surface area contributed by atoms with Crippen LogP contribution in [0.15, 0.2) is 60.7 Å². The molecule has 0 N–H and O–H groups in total. The van der Waals surface area contributed by atoms with Crippen molar-refractivity contribution in [2.24, 2.45) is 11.8 Å². The van der Waals surface area contributed by atoms with E-state index in [0.29, 0.717) is 24.5 Å². The summed E-state index contributed by atoms with van der Waals surface area (Å²) < 4.78 is 18.7. The van der Waals surface area contributed by atoms with E-state index in [1.165, 1.54) is 11.1 Å². The molecule has 2 aliphatic heterocycles. The number of nitrogens with zero attached hydrogens (tertiary/aromatic N) is 1. The highest BCUT2D eigenvalue weighted by Crippen LogP contribution is 2.43. The predicted octanol–water partition coefficient (Wildman–Crippen LogP) is 4.09. The lowest BCUT2D eigenvalue weighted by atomic mass is 9.71. The van der Waals surface area contributed by atoms with Crippen LogP contribution in [0, 0.1) is 11.8 Å². The minimum Gasteiger partial charge on any atom is -0.493 e. The average Bonchev–Trinajstić information content (AvgIpc) is 2.77. The first-order chi connectivity index (χ1) is 14.2. The van der Waals surface area contributed by atoms with Gasteiger partial charge in [0, 0.05) is 12.0 Å². The number of likely N-dealkylation sites (N-methyl/N-ethyl adjacent to an activating group) is 1. The van der Waals surface area contributed by atoms with Crippen molar-refractivity contribution in [2.45, 2.75) is 37.7 Å². The summed E-state index contributed by atoms with van der Waals surface area (Å²) in [6.07, 6.45) is 6.72. The second-order valence-corrected chi connectivity index (χ2v) is 8.50. The number of methoxy groups -OCH3 is 1. The van der Waals surface area contributed by atoms with Gasteiger partial charge in [0.1, 0.15) is 12.2 Å². The number of rotatable bonds is 4. The van der Waals surface area contributed by atoms with Crippen molar-refractivity contribution in [2.75, 3.05) is 20.7 Å². The number of hydrogen-bond acceptors (Lipinski definition) is 4. The minimum absolute atomic E-state index is 0.00726. The molecule has 2 heterocycles. The molecule has 0 saturated carbocycles. The van der Waals surface area contributed by atoms with E-state index in [2.05, 4.69) is 60.5 Å². The standard InChI is InChI=1S/C25H29NO3/c1-26-13-12-20-19-9-11-23(28-16-17-6-4-3-5-7-17)25(20)29-24-15-18(14-21(19)26)8-10-22(24)27-2/h3-11,15,19-21,23,25H,12-14,16H2,1-2H3/t19-,20+,21-,23+,25-/m1/s1. The Balaban J connectivity index is 1.49. The summed E-state index contributed by atoms with van der Waals surface area (Å²) in [6, 6.07) is 17.2. The normalized spacial score (nSPS) is 30.6. The highest BCUT2D eigenvalue weighted by atomic mass is 16.6. The first-order valence-electron chi connectivity index (χ1n) is 10.6. The molecule has 0 amide bonds. The first kappa shape index (κ1) is 18.7. The molecule has 6 bridgehead atoms. The molecule has 0 aromatic heterocycles. The lowest BCUT2D eigenvalue weighted by Gasteiger charge is -2.48. The van der Waals surface area contributed by atoms with Crippen LogP contribution in [0.2, 0.25) is 0 Å². The Kier molecular flexibility index (Phi) is 5.06. The maximum absolute atomic E-state index is 6.67. The molecule has 1 aliphatic carbocycles. The molecule has 1 saturated heterocycles. The van der Waals surface area contributed by atoms with Crippen molar-refractivity contribution in [3.8, 4) is 11.5 Å². The van der Waals surface area contributed by atoms with E-state index in [9.17, 15) is 0 Å². The number of ether oxygens (including phenoxy) is 3. The number of likely N-dealkylation sites (tertiary alicyclic amines) is 1. The molecule has 3 aliphatic rings. The van der Waals surface area contributed by atoms with Gasteiger partial charge in [0.25, 0.3) is 0 Å². The third kappa shape index (κ3) is 3.56. The lowest BCUT2D eigenvalue weighted by Crippen LogP contribution is -2.55. The molecule has 152 valence electrons. The minimum atomic E-state index is -0.0630. The van der Waals surface area contributed by atoms with Gasteiger partial charge in [0.05, 0.1) is 13.7 Å². The van der Waals surface area contributed by atoms with E-state index in [4.69, 9.17) is 14.2 Å². The van der Waals surface area contributed by atoms with E-state index in [1.54, 1.807) is 7.11 Å². The summed E-state index contributed by atoms with van der Waals surface area (Å²) in [5, 5.41) is 0. The van der Waals surface area contributed by atoms with Gasteiger partial charge in [-0.2, -0.15) is 0 Å². The number of hydrogen-bond donors (Lipinski definition) is 0. The van der Waals surface area contributed by atoms with E-state index in [0.717, 1.165) is 30.9 Å².